The number of carbonyl (C=O) groups excluding carboxylic acids is 6. The molecule has 2 rings (SSSR count). The number of nitrogens with zero attached hydrogens (tertiary/aromatic N) is 3. The molecule has 272 valence electrons. The summed E-state index contributed by atoms with van der Waals surface area (Å²) in [5, 5.41) is 5.39. The highest BCUT2D eigenvalue weighted by molar-refractivity contribution is 5.97. The first-order chi connectivity index (χ1) is 22.6. The number of aliphatic imine (C=N–C) groups is 1. The SMILES string of the molecule is CC(C)OC(=O)CC(NC(=O)C1CCCN1C(=O)C(N)C(C)C)C(=O)N1CCCC1C(=O)NC(CCCN=C(N)NN)C(=O)OC(C)C. The monoisotopic (exact) mass is 681 g/mol. The van der Waals surface area contributed by atoms with Crippen LogP contribution in [0, 0.1) is 5.92 Å². The van der Waals surface area contributed by atoms with Crippen molar-refractivity contribution >= 4 is 41.5 Å². The molecule has 5 atom stereocenters. The summed E-state index contributed by atoms with van der Waals surface area (Å²) in [6.45, 7) is 11.1. The predicted molar refractivity (Wildman–Crippen MR) is 176 cm³/mol. The van der Waals surface area contributed by atoms with Crippen LogP contribution in [0.15, 0.2) is 4.99 Å². The molecule has 4 amide bonds. The zero-order valence-corrected chi connectivity index (χ0v) is 29.0. The Bertz CT molecular complexity index is 1180. The maximum Gasteiger partial charge on any atom is 0.328 e. The van der Waals surface area contributed by atoms with Crippen LogP contribution in [0.4, 0.5) is 0 Å². The average Bonchev–Trinajstić information content (AvgIpc) is 3.70. The number of hydrazine groups is 1. The van der Waals surface area contributed by atoms with E-state index in [1.807, 2.05) is 13.8 Å². The van der Waals surface area contributed by atoms with Crippen LogP contribution in [0.2, 0.25) is 0 Å². The van der Waals surface area contributed by atoms with Crippen LogP contribution in [0.25, 0.3) is 0 Å². The molecule has 2 saturated heterocycles. The standard InChI is InChI=1S/C31H55N9O8/c1-17(2)25(32)29(45)40-15-9-12-23(40)27(43)37-21(16-24(41)47-18(3)4)28(44)39-14-8-11-22(39)26(42)36-20(30(46)48-19(5)6)10-7-13-35-31(33)38-34/h17-23,25H,7-16,32,34H2,1-6H3,(H,36,42)(H,37,43)(H3,33,35,38). The smallest absolute Gasteiger partial charge is 0.328 e. The third kappa shape index (κ3) is 11.9. The van der Waals surface area contributed by atoms with Gasteiger partial charge in [0.05, 0.1) is 24.7 Å². The fourth-order valence-corrected chi connectivity index (χ4v) is 5.60. The van der Waals surface area contributed by atoms with Gasteiger partial charge in [-0.2, -0.15) is 0 Å². The molecule has 5 unspecified atom stereocenters. The number of ether oxygens (including phenoxy) is 2. The van der Waals surface area contributed by atoms with Crippen molar-refractivity contribution in [3.63, 3.8) is 0 Å². The van der Waals surface area contributed by atoms with Crippen LogP contribution in [0.3, 0.4) is 0 Å². The third-order valence-electron chi connectivity index (χ3n) is 8.07. The molecule has 9 N–H and O–H groups in total. The maximum atomic E-state index is 14.0. The predicted octanol–water partition coefficient (Wildman–Crippen LogP) is -1.23. The van der Waals surface area contributed by atoms with E-state index in [1.165, 1.54) is 9.80 Å². The van der Waals surface area contributed by atoms with Gasteiger partial charge in [-0.25, -0.2) is 10.6 Å². The number of carbonyl (C=O) groups is 6. The Hall–Kier alpha value is -3.99. The van der Waals surface area contributed by atoms with Gasteiger partial charge in [-0.1, -0.05) is 13.8 Å². The van der Waals surface area contributed by atoms with Gasteiger partial charge in [0.15, 0.2) is 0 Å². The van der Waals surface area contributed by atoms with Crippen molar-refractivity contribution in [1.29, 1.82) is 0 Å². The van der Waals surface area contributed by atoms with Gasteiger partial charge in [-0.05, 0) is 72.1 Å². The van der Waals surface area contributed by atoms with E-state index in [0.29, 0.717) is 38.6 Å². The van der Waals surface area contributed by atoms with Crippen LogP contribution < -0.4 is 33.4 Å². The van der Waals surface area contributed by atoms with E-state index < -0.39 is 78.5 Å². The first-order valence-electron chi connectivity index (χ1n) is 16.7. The minimum Gasteiger partial charge on any atom is -0.463 e. The van der Waals surface area contributed by atoms with Gasteiger partial charge < -0.3 is 41.4 Å². The molecule has 17 heteroatoms. The number of amides is 4. The van der Waals surface area contributed by atoms with Gasteiger partial charge in [0.1, 0.15) is 24.2 Å². The normalized spacial score (nSPS) is 20.0. The van der Waals surface area contributed by atoms with E-state index in [9.17, 15) is 28.8 Å². The molecule has 0 bridgehead atoms. The van der Waals surface area contributed by atoms with Crippen molar-refractivity contribution in [1.82, 2.24) is 25.9 Å². The molecule has 0 spiro atoms. The van der Waals surface area contributed by atoms with Gasteiger partial charge >= 0.3 is 11.9 Å². The second-order valence-corrected chi connectivity index (χ2v) is 13.1. The number of likely N-dealkylation sites (tertiary alicyclic amines) is 2. The molecule has 0 saturated carbocycles. The number of esters is 2. The van der Waals surface area contributed by atoms with Crippen molar-refractivity contribution < 1.29 is 38.2 Å². The molecule has 0 radical (unpaired) electrons. The first-order valence-corrected chi connectivity index (χ1v) is 16.7. The first kappa shape index (κ1) is 40.2. The molecule has 2 aliphatic heterocycles. The van der Waals surface area contributed by atoms with Gasteiger partial charge in [0.25, 0.3) is 0 Å². The second-order valence-electron chi connectivity index (χ2n) is 13.1. The minimum absolute atomic E-state index is 0.0192. The average molecular weight is 682 g/mol. The van der Waals surface area contributed by atoms with E-state index >= 15 is 0 Å². The zero-order valence-electron chi connectivity index (χ0n) is 29.0. The van der Waals surface area contributed by atoms with Crippen LogP contribution >= 0.6 is 0 Å². The van der Waals surface area contributed by atoms with Gasteiger partial charge in [-0.3, -0.25) is 34.4 Å². The summed E-state index contributed by atoms with van der Waals surface area (Å²) in [4.78, 5) is 86.6. The number of nitrogens with one attached hydrogen (secondary N) is 3. The molecule has 48 heavy (non-hydrogen) atoms. The fourth-order valence-electron chi connectivity index (χ4n) is 5.60. The number of guanidine groups is 1. The van der Waals surface area contributed by atoms with E-state index in [2.05, 4.69) is 21.1 Å². The Morgan fingerprint density at radius 2 is 1.33 bits per heavy atom. The Kier molecular flexibility index (Phi) is 16.0. The summed E-state index contributed by atoms with van der Waals surface area (Å²) in [7, 11) is 0. The second kappa shape index (κ2) is 19.1. The highest BCUT2D eigenvalue weighted by Crippen LogP contribution is 2.23. The van der Waals surface area contributed by atoms with E-state index in [-0.39, 0.29) is 37.3 Å². The van der Waals surface area contributed by atoms with Crippen LogP contribution in [0.5, 0.6) is 0 Å². The molecule has 0 aromatic heterocycles. The zero-order chi connectivity index (χ0) is 36.1. The maximum absolute atomic E-state index is 14.0. The van der Waals surface area contributed by atoms with Crippen molar-refractivity contribution in [2.45, 2.75) is 129 Å². The quantitative estimate of drug-likeness (QED) is 0.0280. The molecule has 0 aliphatic carbocycles. The van der Waals surface area contributed by atoms with Gasteiger partial charge in [-0.15, -0.1) is 0 Å². The molecule has 2 aliphatic rings. The van der Waals surface area contributed by atoms with Crippen LogP contribution in [-0.4, -0.2) is 113 Å². The van der Waals surface area contributed by atoms with Crippen molar-refractivity contribution in [3.8, 4) is 0 Å². The summed E-state index contributed by atoms with van der Waals surface area (Å²) in [6, 6.07) is -5.04. The molecule has 0 aromatic carbocycles. The minimum atomic E-state index is -1.37. The molecule has 17 nitrogen and oxygen atoms in total. The summed E-state index contributed by atoms with van der Waals surface area (Å²) in [5.74, 6) is 1.54. The van der Waals surface area contributed by atoms with E-state index in [4.69, 9.17) is 26.8 Å². The summed E-state index contributed by atoms with van der Waals surface area (Å²) >= 11 is 0. The number of hydrogen-bond donors (Lipinski definition) is 6. The van der Waals surface area contributed by atoms with E-state index in [0.717, 1.165) is 0 Å². The summed E-state index contributed by atoms with van der Waals surface area (Å²) in [6.07, 6.45) is 0.860. The number of rotatable bonds is 16. The number of nitrogens with two attached hydrogens (primary N) is 3. The van der Waals surface area contributed by atoms with Crippen LogP contribution in [-0.2, 0) is 38.2 Å². The largest absolute Gasteiger partial charge is 0.463 e. The van der Waals surface area contributed by atoms with Gasteiger partial charge in [0.2, 0.25) is 29.6 Å². The van der Waals surface area contributed by atoms with Gasteiger partial charge in [0, 0.05) is 19.6 Å². The highest BCUT2D eigenvalue weighted by atomic mass is 16.5. The molecular formula is C31H55N9O8. The third-order valence-corrected chi connectivity index (χ3v) is 8.07. The molecular weight excluding hydrogens is 626 g/mol. The lowest BCUT2D eigenvalue weighted by Gasteiger charge is -2.32. The number of hydrogen-bond acceptors (Lipinski definition) is 11. The topological polar surface area (TPSA) is 254 Å². The lowest BCUT2D eigenvalue weighted by molar-refractivity contribution is -0.154. The Morgan fingerprint density at radius 3 is 1.83 bits per heavy atom. The Balaban J connectivity index is 2.25. The molecule has 2 heterocycles. The van der Waals surface area contributed by atoms with Crippen LogP contribution in [0.1, 0.15) is 86.5 Å². The summed E-state index contributed by atoms with van der Waals surface area (Å²) in [5.41, 5.74) is 13.8. The lowest BCUT2D eigenvalue weighted by Crippen LogP contribution is -2.58. The molecule has 0 aromatic rings. The van der Waals surface area contributed by atoms with E-state index in [1.54, 1.807) is 27.7 Å². The van der Waals surface area contributed by atoms with Crippen molar-refractivity contribution in [3.05, 3.63) is 0 Å². The fraction of sp³-hybridized carbons (Fsp3) is 0.774. The Morgan fingerprint density at radius 1 is 0.812 bits per heavy atom. The summed E-state index contributed by atoms with van der Waals surface area (Å²) < 4.78 is 10.6. The highest BCUT2D eigenvalue weighted by Gasteiger charge is 2.42. The van der Waals surface area contributed by atoms with Crippen molar-refractivity contribution in [2.75, 3.05) is 19.6 Å². The van der Waals surface area contributed by atoms with Crippen molar-refractivity contribution in [2.24, 2.45) is 28.2 Å². The molecule has 2 fully saturated rings. The Labute approximate surface area is 282 Å². The lowest BCUT2D eigenvalue weighted by atomic mass is 10.0.